The molecule has 0 radical (unpaired) electrons. The summed E-state index contributed by atoms with van der Waals surface area (Å²) in [5.74, 6) is -0.535. The Hall–Kier alpha value is -3.28. The van der Waals surface area contributed by atoms with Crippen LogP contribution >= 0.6 is 0 Å². The Labute approximate surface area is 137 Å². The molecule has 0 saturated heterocycles. The van der Waals surface area contributed by atoms with Gasteiger partial charge in [0.2, 0.25) is 5.43 Å². The number of nitrogens with two attached hydrogens (primary N) is 1. The van der Waals surface area contributed by atoms with E-state index in [0.717, 1.165) is 11.3 Å². The molecule has 0 spiro atoms. The molecule has 0 fully saturated rings. The molecule has 0 aliphatic heterocycles. The first kappa shape index (κ1) is 15.6. The topological polar surface area (TPSA) is 94.5 Å². The van der Waals surface area contributed by atoms with Gasteiger partial charge in [0.1, 0.15) is 11.3 Å². The van der Waals surface area contributed by atoms with E-state index in [0.29, 0.717) is 12.1 Å². The highest BCUT2D eigenvalue weighted by Gasteiger charge is 2.16. The van der Waals surface area contributed by atoms with Crippen molar-refractivity contribution in [1.29, 1.82) is 0 Å². The number of nitrogens with zero attached hydrogens (tertiary/aromatic N) is 1. The summed E-state index contributed by atoms with van der Waals surface area (Å²) in [7, 11) is 1.59. The Balaban J connectivity index is 2.19. The first-order valence-electron chi connectivity index (χ1n) is 7.29. The van der Waals surface area contributed by atoms with Crippen LogP contribution in [0.25, 0.3) is 10.9 Å². The van der Waals surface area contributed by atoms with Gasteiger partial charge in [0.05, 0.1) is 18.0 Å². The quantitative estimate of drug-likeness (QED) is 0.718. The van der Waals surface area contributed by atoms with Crippen LogP contribution in [0, 0.1) is 0 Å². The molecule has 0 aliphatic carbocycles. The number of rotatable bonds is 4. The Morgan fingerprint density at radius 1 is 1.21 bits per heavy atom. The van der Waals surface area contributed by atoms with Gasteiger partial charge >= 0.3 is 5.97 Å². The standard InChI is InChI=1S/C18H16N2O4/c1-24-12-7-5-11(6-8-12)9-20-10-13(18(22)23)17(21)16-14(19)3-2-4-15(16)20/h2-8,10H,9,19H2,1H3,(H,22,23). The lowest BCUT2D eigenvalue weighted by Gasteiger charge is -2.14. The van der Waals surface area contributed by atoms with Crippen LogP contribution in [0.4, 0.5) is 5.69 Å². The third kappa shape index (κ3) is 2.69. The third-order valence-electron chi connectivity index (χ3n) is 3.88. The van der Waals surface area contributed by atoms with Crippen molar-refractivity contribution in [2.75, 3.05) is 12.8 Å². The zero-order chi connectivity index (χ0) is 17.3. The lowest BCUT2D eigenvalue weighted by molar-refractivity contribution is 0.0695. The molecule has 0 unspecified atom stereocenters. The van der Waals surface area contributed by atoms with Crippen LogP contribution < -0.4 is 15.9 Å². The number of anilines is 1. The van der Waals surface area contributed by atoms with Crippen molar-refractivity contribution in [3.05, 3.63) is 70.0 Å². The fourth-order valence-electron chi connectivity index (χ4n) is 2.67. The predicted molar refractivity (Wildman–Crippen MR) is 91.7 cm³/mol. The molecule has 6 heteroatoms. The molecule has 3 rings (SSSR count). The second kappa shape index (κ2) is 6.08. The molecule has 0 atom stereocenters. The Bertz CT molecular complexity index is 975. The average Bonchev–Trinajstić information content (AvgIpc) is 2.57. The normalized spacial score (nSPS) is 10.7. The van der Waals surface area contributed by atoms with E-state index in [2.05, 4.69) is 0 Å². The van der Waals surface area contributed by atoms with Crippen molar-refractivity contribution < 1.29 is 14.6 Å². The van der Waals surface area contributed by atoms with Crippen LogP contribution in [0.15, 0.2) is 53.5 Å². The molecule has 1 aromatic heterocycles. The number of ether oxygens (including phenoxy) is 1. The molecule has 0 bridgehead atoms. The number of fused-ring (bicyclic) bond motifs is 1. The van der Waals surface area contributed by atoms with Gasteiger partial charge < -0.3 is 20.1 Å². The summed E-state index contributed by atoms with van der Waals surface area (Å²) in [6, 6.07) is 12.5. The molecule has 0 saturated carbocycles. The number of aromatic nitrogens is 1. The molecule has 1 heterocycles. The first-order valence-corrected chi connectivity index (χ1v) is 7.29. The number of methoxy groups -OCH3 is 1. The van der Waals surface area contributed by atoms with Crippen molar-refractivity contribution in [2.45, 2.75) is 6.54 Å². The van der Waals surface area contributed by atoms with Gasteiger partial charge in [-0.15, -0.1) is 0 Å². The van der Waals surface area contributed by atoms with Crippen molar-refractivity contribution in [3.8, 4) is 5.75 Å². The summed E-state index contributed by atoms with van der Waals surface area (Å²) in [4.78, 5) is 23.8. The fourth-order valence-corrected chi connectivity index (χ4v) is 2.67. The number of benzene rings is 2. The van der Waals surface area contributed by atoms with Crippen LogP contribution in [0.3, 0.4) is 0 Å². The summed E-state index contributed by atoms with van der Waals surface area (Å²) in [5, 5.41) is 9.53. The first-order chi connectivity index (χ1) is 11.5. The van der Waals surface area contributed by atoms with Gasteiger partial charge in [0.25, 0.3) is 0 Å². The van der Waals surface area contributed by atoms with Crippen molar-refractivity contribution in [3.63, 3.8) is 0 Å². The minimum Gasteiger partial charge on any atom is -0.497 e. The number of carboxylic acids is 1. The smallest absolute Gasteiger partial charge is 0.341 e. The summed E-state index contributed by atoms with van der Waals surface area (Å²) in [6.45, 7) is 0.407. The zero-order valence-electron chi connectivity index (χ0n) is 13.0. The SMILES string of the molecule is COc1ccc(Cn2cc(C(=O)O)c(=O)c3c(N)cccc32)cc1. The fraction of sp³-hybridized carbons (Fsp3) is 0.111. The van der Waals surface area contributed by atoms with E-state index in [4.69, 9.17) is 10.5 Å². The van der Waals surface area contributed by atoms with Crippen molar-refractivity contribution >= 4 is 22.6 Å². The molecular formula is C18H16N2O4. The molecule has 2 aromatic carbocycles. The van der Waals surface area contributed by atoms with Gasteiger partial charge in [0, 0.05) is 18.4 Å². The molecular weight excluding hydrogens is 308 g/mol. The highest BCUT2D eigenvalue weighted by molar-refractivity contribution is 5.97. The summed E-state index contributed by atoms with van der Waals surface area (Å²) >= 11 is 0. The van der Waals surface area contributed by atoms with E-state index < -0.39 is 11.4 Å². The molecule has 6 nitrogen and oxygen atoms in total. The maximum Gasteiger partial charge on any atom is 0.341 e. The Morgan fingerprint density at radius 2 is 1.92 bits per heavy atom. The number of carboxylic acid groups (broad SMARTS) is 1. The second-order valence-electron chi connectivity index (χ2n) is 5.39. The number of carbonyl (C=O) groups is 1. The van der Waals surface area contributed by atoms with E-state index in [9.17, 15) is 14.7 Å². The maximum absolute atomic E-state index is 12.4. The molecule has 0 aliphatic rings. The van der Waals surface area contributed by atoms with Gasteiger partial charge in [-0.2, -0.15) is 0 Å². The van der Waals surface area contributed by atoms with E-state index in [1.807, 2.05) is 24.3 Å². The number of hydrogen-bond donors (Lipinski definition) is 2. The second-order valence-corrected chi connectivity index (χ2v) is 5.39. The van der Waals surface area contributed by atoms with Gasteiger partial charge in [-0.1, -0.05) is 18.2 Å². The summed E-state index contributed by atoms with van der Waals surface area (Å²) in [5.41, 5.74) is 6.85. The number of nitrogen functional groups attached to an aromatic ring is 1. The predicted octanol–water partition coefficient (Wildman–Crippen LogP) is 2.34. The molecule has 122 valence electrons. The Kier molecular flexibility index (Phi) is 3.95. The minimum atomic E-state index is -1.27. The van der Waals surface area contributed by atoms with Crippen LogP contribution in [-0.4, -0.2) is 22.8 Å². The van der Waals surface area contributed by atoms with Crippen molar-refractivity contribution in [2.24, 2.45) is 0 Å². The molecule has 3 aromatic rings. The average molecular weight is 324 g/mol. The number of aromatic carboxylic acids is 1. The third-order valence-corrected chi connectivity index (χ3v) is 3.88. The van der Waals surface area contributed by atoms with Crippen LogP contribution in [0.2, 0.25) is 0 Å². The maximum atomic E-state index is 12.4. The minimum absolute atomic E-state index is 0.228. The number of hydrogen-bond acceptors (Lipinski definition) is 4. The molecule has 0 amide bonds. The lowest BCUT2D eigenvalue weighted by atomic mass is 10.1. The van der Waals surface area contributed by atoms with Gasteiger partial charge in [-0.3, -0.25) is 4.79 Å². The van der Waals surface area contributed by atoms with Gasteiger partial charge in [0.15, 0.2) is 0 Å². The largest absolute Gasteiger partial charge is 0.497 e. The summed E-state index contributed by atoms with van der Waals surface area (Å²) in [6.07, 6.45) is 1.36. The highest BCUT2D eigenvalue weighted by atomic mass is 16.5. The molecule has 24 heavy (non-hydrogen) atoms. The van der Waals surface area contributed by atoms with Crippen molar-refractivity contribution in [1.82, 2.24) is 4.57 Å². The van der Waals surface area contributed by atoms with Gasteiger partial charge in [-0.25, -0.2) is 4.79 Å². The highest BCUT2D eigenvalue weighted by Crippen LogP contribution is 2.20. The molecule has 3 N–H and O–H groups in total. The lowest BCUT2D eigenvalue weighted by Crippen LogP contribution is -2.20. The van der Waals surface area contributed by atoms with Gasteiger partial charge in [-0.05, 0) is 29.8 Å². The van der Waals surface area contributed by atoms with E-state index >= 15 is 0 Å². The van der Waals surface area contributed by atoms with E-state index in [1.165, 1.54) is 6.20 Å². The zero-order valence-corrected chi connectivity index (χ0v) is 13.0. The van der Waals surface area contributed by atoms with E-state index in [1.54, 1.807) is 29.9 Å². The Morgan fingerprint density at radius 3 is 2.54 bits per heavy atom. The van der Waals surface area contributed by atoms with Crippen LogP contribution in [-0.2, 0) is 6.54 Å². The monoisotopic (exact) mass is 324 g/mol. The van der Waals surface area contributed by atoms with E-state index in [-0.39, 0.29) is 16.6 Å². The van der Waals surface area contributed by atoms with Crippen LogP contribution in [0.5, 0.6) is 5.75 Å². The summed E-state index contributed by atoms with van der Waals surface area (Å²) < 4.78 is 6.85. The van der Waals surface area contributed by atoms with Crippen LogP contribution in [0.1, 0.15) is 15.9 Å². The number of pyridine rings is 1.